The maximum atomic E-state index is 12.3. The number of nitrogens with zero attached hydrogens (tertiary/aromatic N) is 3. The van der Waals surface area contributed by atoms with E-state index >= 15 is 0 Å². The van der Waals surface area contributed by atoms with Crippen molar-refractivity contribution in [3.05, 3.63) is 46.2 Å². The Balaban J connectivity index is 2.12. The summed E-state index contributed by atoms with van der Waals surface area (Å²) < 4.78 is 0. The molecule has 7 nitrogen and oxygen atoms in total. The summed E-state index contributed by atoms with van der Waals surface area (Å²) in [6.07, 6.45) is 3.08. The predicted octanol–water partition coefficient (Wildman–Crippen LogP) is 2.67. The van der Waals surface area contributed by atoms with Crippen molar-refractivity contribution in [2.45, 2.75) is 19.8 Å². The molecule has 120 valence electrons. The van der Waals surface area contributed by atoms with Gasteiger partial charge in [-0.25, -0.2) is 0 Å². The number of anilines is 1. The van der Waals surface area contributed by atoms with Gasteiger partial charge < -0.3 is 10.2 Å². The van der Waals surface area contributed by atoms with Gasteiger partial charge in [0.1, 0.15) is 17.3 Å². The van der Waals surface area contributed by atoms with Crippen molar-refractivity contribution in [3.8, 4) is 6.07 Å². The summed E-state index contributed by atoms with van der Waals surface area (Å²) in [7, 11) is 0. The summed E-state index contributed by atoms with van der Waals surface area (Å²) in [4.78, 5) is 24.4. The SMILES string of the molecule is CC1CCN(C(=O)/C(C#N)=C\Nc2ccccc2[N+](=O)[O-])CC1. The van der Waals surface area contributed by atoms with E-state index in [-0.39, 0.29) is 22.9 Å². The van der Waals surface area contributed by atoms with Gasteiger partial charge in [0.2, 0.25) is 0 Å². The molecule has 2 rings (SSSR count). The van der Waals surface area contributed by atoms with Crippen molar-refractivity contribution < 1.29 is 9.72 Å². The van der Waals surface area contributed by atoms with Crippen molar-refractivity contribution in [3.63, 3.8) is 0 Å². The fraction of sp³-hybridized carbons (Fsp3) is 0.375. The van der Waals surface area contributed by atoms with Crippen LogP contribution >= 0.6 is 0 Å². The molecule has 1 heterocycles. The number of piperidine rings is 1. The van der Waals surface area contributed by atoms with Crippen LogP contribution in [0.4, 0.5) is 11.4 Å². The summed E-state index contributed by atoms with van der Waals surface area (Å²) >= 11 is 0. The van der Waals surface area contributed by atoms with Gasteiger partial charge in [0.25, 0.3) is 11.6 Å². The second-order valence-corrected chi connectivity index (χ2v) is 5.56. The summed E-state index contributed by atoms with van der Waals surface area (Å²) in [5, 5.41) is 22.8. The number of hydrogen-bond acceptors (Lipinski definition) is 5. The minimum Gasteiger partial charge on any atom is -0.355 e. The molecule has 1 saturated heterocycles. The number of para-hydroxylation sites is 2. The fourth-order valence-electron chi connectivity index (χ4n) is 2.43. The maximum absolute atomic E-state index is 12.3. The number of benzene rings is 1. The minimum absolute atomic E-state index is 0.0577. The van der Waals surface area contributed by atoms with Crippen molar-refractivity contribution >= 4 is 17.3 Å². The Morgan fingerprint density at radius 1 is 1.43 bits per heavy atom. The summed E-state index contributed by atoms with van der Waals surface area (Å²) in [5.41, 5.74) is 0.0725. The lowest BCUT2D eigenvalue weighted by molar-refractivity contribution is -0.383. The molecule has 0 radical (unpaired) electrons. The third kappa shape index (κ3) is 4.07. The number of hydrogen-bond donors (Lipinski definition) is 1. The largest absolute Gasteiger partial charge is 0.355 e. The smallest absolute Gasteiger partial charge is 0.292 e. The number of carbonyl (C=O) groups excluding carboxylic acids is 1. The van der Waals surface area contributed by atoms with Gasteiger partial charge >= 0.3 is 0 Å². The lowest BCUT2D eigenvalue weighted by Crippen LogP contribution is -2.38. The maximum Gasteiger partial charge on any atom is 0.292 e. The summed E-state index contributed by atoms with van der Waals surface area (Å²) in [5.74, 6) is 0.240. The first-order valence-electron chi connectivity index (χ1n) is 7.42. The van der Waals surface area contributed by atoms with E-state index in [9.17, 15) is 20.2 Å². The number of rotatable bonds is 4. The van der Waals surface area contributed by atoms with Crippen LogP contribution in [0, 0.1) is 27.4 Å². The molecule has 23 heavy (non-hydrogen) atoms. The van der Waals surface area contributed by atoms with Gasteiger partial charge in [-0.3, -0.25) is 14.9 Å². The Morgan fingerprint density at radius 2 is 2.09 bits per heavy atom. The minimum atomic E-state index is -0.518. The van der Waals surface area contributed by atoms with Crippen molar-refractivity contribution in [2.24, 2.45) is 5.92 Å². The monoisotopic (exact) mass is 314 g/mol. The molecule has 0 aromatic heterocycles. The lowest BCUT2D eigenvalue weighted by atomic mass is 9.99. The van der Waals surface area contributed by atoms with Crippen LogP contribution < -0.4 is 5.32 Å². The third-order valence-corrected chi connectivity index (χ3v) is 3.89. The van der Waals surface area contributed by atoms with E-state index in [4.69, 9.17) is 0 Å². The van der Waals surface area contributed by atoms with Crippen molar-refractivity contribution in [1.82, 2.24) is 4.90 Å². The number of nitrogens with one attached hydrogen (secondary N) is 1. The second-order valence-electron chi connectivity index (χ2n) is 5.56. The van der Waals surface area contributed by atoms with Crippen molar-refractivity contribution in [2.75, 3.05) is 18.4 Å². The lowest BCUT2D eigenvalue weighted by Gasteiger charge is -2.30. The molecule has 0 saturated carbocycles. The average molecular weight is 314 g/mol. The first-order chi connectivity index (χ1) is 11.0. The Kier molecular flexibility index (Phi) is 5.31. The van der Waals surface area contributed by atoms with Crippen LogP contribution in [-0.4, -0.2) is 28.8 Å². The summed E-state index contributed by atoms with van der Waals surface area (Å²) in [6, 6.07) is 7.94. The second kappa shape index (κ2) is 7.40. The van der Waals surface area contributed by atoms with Crippen LogP contribution in [0.2, 0.25) is 0 Å². The van der Waals surface area contributed by atoms with E-state index in [0.29, 0.717) is 19.0 Å². The van der Waals surface area contributed by atoms with Crippen molar-refractivity contribution in [1.29, 1.82) is 5.26 Å². The van der Waals surface area contributed by atoms with E-state index in [1.165, 1.54) is 18.3 Å². The van der Waals surface area contributed by atoms with E-state index in [0.717, 1.165) is 12.8 Å². The molecule has 1 aromatic carbocycles. The van der Waals surface area contributed by atoms with E-state index in [1.807, 2.05) is 6.07 Å². The van der Waals surface area contributed by atoms with Gasteiger partial charge in [-0.1, -0.05) is 19.1 Å². The van der Waals surface area contributed by atoms with Crippen LogP contribution in [0.1, 0.15) is 19.8 Å². The first-order valence-corrected chi connectivity index (χ1v) is 7.42. The first kappa shape index (κ1) is 16.5. The zero-order valence-electron chi connectivity index (χ0n) is 12.9. The van der Waals surface area contributed by atoms with Gasteiger partial charge in [-0.2, -0.15) is 5.26 Å². The van der Waals surface area contributed by atoms with E-state index < -0.39 is 4.92 Å². The predicted molar refractivity (Wildman–Crippen MR) is 85.4 cm³/mol. The number of likely N-dealkylation sites (tertiary alicyclic amines) is 1. The molecule has 1 aromatic rings. The molecule has 0 aliphatic carbocycles. The van der Waals surface area contributed by atoms with Gasteiger partial charge in [-0.05, 0) is 24.8 Å². The van der Waals surface area contributed by atoms with Gasteiger partial charge in [0, 0.05) is 25.4 Å². The topological polar surface area (TPSA) is 99.3 Å². The van der Waals surface area contributed by atoms with E-state index in [1.54, 1.807) is 17.0 Å². The fourth-order valence-corrected chi connectivity index (χ4v) is 2.43. The number of nitro groups is 1. The number of nitro benzene ring substituents is 1. The Hall–Kier alpha value is -2.88. The van der Waals surface area contributed by atoms with Crippen LogP contribution in [-0.2, 0) is 4.79 Å². The molecule has 0 bridgehead atoms. The van der Waals surface area contributed by atoms with Gasteiger partial charge in [-0.15, -0.1) is 0 Å². The molecule has 1 aliphatic heterocycles. The highest BCUT2D eigenvalue weighted by Crippen LogP contribution is 2.23. The zero-order valence-corrected chi connectivity index (χ0v) is 12.9. The highest BCUT2D eigenvalue weighted by atomic mass is 16.6. The molecule has 1 N–H and O–H groups in total. The standard InChI is InChI=1S/C16H18N4O3/c1-12-6-8-19(9-7-12)16(21)13(10-17)11-18-14-4-2-3-5-15(14)20(22)23/h2-5,11-12,18H,6-9H2,1H3/b13-11-. The Bertz CT molecular complexity index is 670. The summed E-state index contributed by atoms with van der Waals surface area (Å²) in [6.45, 7) is 3.40. The quantitative estimate of drug-likeness (QED) is 0.398. The van der Waals surface area contributed by atoms with Crippen LogP contribution in [0.5, 0.6) is 0 Å². The molecule has 1 fully saturated rings. The highest BCUT2D eigenvalue weighted by Gasteiger charge is 2.23. The van der Waals surface area contributed by atoms with Crippen LogP contribution in [0.15, 0.2) is 36.0 Å². The average Bonchev–Trinajstić information content (AvgIpc) is 2.56. The number of amides is 1. The van der Waals surface area contributed by atoms with Crippen LogP contribution in [0.3, 0.4) is 0 Å². The zero-order chi connectivity index (χ0) is 16.8. The third-order valence-electron chi connectivity index (χ3n) is 3.89. The number of nitriles is 1. The van der Waals surface area contributed by atoms with Gasteiger partial charge in [0.05, 0.1) is 4.92 Å². The molecule has 1 amide bonds. The molecule has 0 spiro atoms. The van der Waals surface area contributed by atoms with E-state index in [2.05, 4.69) is 12.2 Å². The molecule has 0 atom stereocenters. The molecule has 1 aliphatic rings. The molecule has 0 unspecified atom stereocenters. The Labute approximate surface area is 134 Å². The Morgan fingerprint density at radius 3 is 2.70 bits per heavy atom. The normalized spacial score (nSPS) is 15.8. The van der Waals surface area contributed by atoms with Gasteiger partial charge in [0.15, 0.2) is 0 Å². The molecular weight excluding hydrogens is 296 g/mol. The highest BCUT2D eigenvalue weighted by molar-refractivity contribution is 5.97. The molecule has 7 heteroatoms. The molecular formula is C16H18N4O3. The van der Waals surface area contributed by atoms with Crippen LogP contribution in [0.25, 0.3) is 0 Å². The number of carbonyl (C=O) groups is 1.